The normalized spacial score (nSPS) is 9.88. The van der Waals surface area contributed by atoms with E-state index in [1.165, 1.54) is 15.9 Å². The molecule has 0 aromatic rings. The van der Waals surface area contributed by atoms with E-state index in [-0.39, 0.29) is 19.6 Å². The second kappa shape index (κ2) is 9.44. The lowest BCUT2D eigenvalue weighted by atomic mass is 10.4. The Morgan fingerprint density at radius 2 is 1.31 bits per heavy atom. The van der Waals surface area contributed by atoms with Gasteiger partial charge in [0.1, 0.15) is 6.42 Å². The quantitative estimate of drug-likeness (QED) is 0.454. The van der Waals surface area contributed by atoms with Gasteiger partial charge in [-0.05, 0) is 13.8 Å². The summed E-state index contributed by atoms with van der Waals surface area (Å²) < 4.78 is 39.9. The van der Waals surface area contributed by atoms with Gasteiger partial charge in [0.2, 0.25) is 0 Å². The van der Waals surface area contributed by atoms with Crippen LogP contribution in [-0.2, 0) is 19.1 Å². The van der Waals surface area contributed by atoms with E-state index in [0.717, 1.165) is 0 Å². The summed E-state index contributed by atoms with van der Waals surface area (Å²) in [6.45, 7) is 3.95. The summed E-state index contributed by atoms with van der Waals surface area (Å²) in [7, 11) is 0. The van der Waals surface area contributed by atoms with E-state index in [1.54, 1.807) is 13.8 Å². The van der Waals surface area contributed by atoms with Crippen LogP contribution in [0, 0.1) is 0 Å². The highest BCUT2D eigenvalue weighted by atomic mass is 79.9. The Kier molecular flexibility index (Phi) is 10.4. The molecule has 0 aromatic heterocycles. The van der Waals surface area contributed by atoms with Gasteiger partial charge < -0.3 is 9.47 Å². The van der Waals surface area contributed by atoms with Crippen LogP contribution in [0.4, 0.5) is 13.2 Å². The van der Waals surface area contributed by atoms with E-state index in [4.69, 9.17) is 0 Å². The third-order valence-corrected chi connectivity index (χ3v) is 0.899. The molecule has 96 valence electrons. The van der Waals surface area contributed by atoms with Crippen molar-refractivity contribution in [1.82, 2.24) is 0 Å². The fraction of sp³-hybridized carbons (Fsp3) is 0.750. The number of rotatable bonds is 4. The summed E-state index contributed by atoms with van der Waals surface area (Å²) in [5.41, 5.74) is 0. The molecule has 16 heavy (non-hydrogen) atoms. The number of alkyl halides is 4. The third kappa shape index (κ3) is 23.2. The second-order valence-corrected chi connectivity index (χ2v) is 3.11. The summed E-state index contributed by atoms with van der Waals surface area (Å²) in [4.78, 5) is 21.2. The Morgan fingerprint density at radius 1 is 1.06 bits per heavy atom. The Bertz CT molecular complexity index is 196. The maximum absolute atomic E-state index is 10.6. The summed E-state index contributed by atoms with van der Waals surface area (Å²) in [5, 5.41) is -4.19. The number of ether oxygens (including phenoxy) is 2. The Hall–Kier alpha value is -0.790. The average Bonchev–Trinajstić information content (AvgIpc) is 2.00. The molecule has 0 atom stereocenters. The second-order valence-electron chi connectivity index (χ2n) is 2.22. The maximum Gasteiger partial charge on any atom is 0.448 e. The highest BCUT2D eigenvalue weighted by Gasteiger charge is 2.19. The SMILES string of the molecule is CCOC(=O)CC(=O)OCC.FC(F)(F)Br. The van der Waals surface area contributed by atoms with Crippen LogP contribution in [0.1, 0.15) is 20.3 Å². The van der Waals surface area contributed by atoms with Crippen molar-refractivity contribution in [3.63, 3.8) is 0 Å². The zero-order valence-electron chi connectivity index (χ0n) is 8.77. The molecule has 0 aliphatic heterocycles. The first kappa shape index (κ1) is 17.6. The molecular weight excluding hydrogens is 297 g/mol. The first-order chi connectivity index (χ1) is 7.20. The number of carbonyl (C=O) groups excluding carboxylic acids is 2. The molecule has 0 fully saturated rings. The fourth-order valence-corrected chi connectivity index (χ4v) is 0.542. The van der Waals surface area contributed by atoms with Crippen molar-refractivity contribution >= 4 is 27.9 Å². The lowest BCUT2D eigenvalue weighted by Crippen LogP contribution is -2.13. The highest BCUT2D eigenvalue weighted by Crippen LogP contribution is 2.21. The molecule has 0 heterocycles. The number of hydrogen-bond donors (Lipinski definition) is 0. The van der Waals surface area contributed by atoms with Crippen molar-refractivity contribution in [2.75, 3.05) is 13.2 Å². The molecule has 0 radical (unpaired) electrons. The molecule has 0 N–H and O–H groups in total. The molecule has 0 saturated carbocycles. The van der Waals surface area contributed by atoms with Gasteiger partial charge in [-0.15, -0.1) is 0 Å². The van der Waals surface area contributed by atoms with Crippen LogP contribution in [0.5, 0.6) is 0 Å². The first-order valence-corrected chi connectivity index (χ1v) is 5.06. The van der Waals surface area contributed by atoms with E-state index in [9.17, 15) is 22.8 Å². The number of hydrogen-bond acceptors (Lipinski definition) is 4. The molecule has 0 unspecified atom stereocenters. The van der Waals surface area contributed by atoms with Crippen molar-refractivity contribution < 1.29 is 32.2 Å². The van der Waals surface area contributed by atoms with E-state index in [2.05, 4.69) is 9.47 Å². The number of esters is 2. The molecule has 0 bridgehead atoms. The maximum atomic E-state index is 10.6. The summed E-state index contributed by atoms with van der Waals surface area (Å²) in [6.07, 6.45) is -0.290. The fourth-order valence-electron chi connectivity index (χ4n) is 0.542. The van der Waals surface area contributed by atoms with Gasteiger partial charge in [0.05, 0.1) is 13.2 Å². The van der Waals surface area contributed by atoms with Crippen LogP contribution < -0.4 is 0 Å². The summed E-state index contributed by atoms with van der Waals surface area (Å²) in [5.74, 6) is -1.07. The van der Waals surface area contributed by atoms with Crippen LogP contribution in [0.25, 0.3) is 0 Å². The minimum Gasteiger partial charge on any atom is -0.466 e. The predicted molar refractivity (Wildman–Crippen MR) is 52.9 cm³/mol. The van der Waals surface area contributed by atoms with Crippen LogP contribution in [-0.4, -0.2) is 30.2 Å². The van der Waals surface area contributed by atoms with Crippen molar-refractivity contribution in [1.29, 1.82) is 0 Å². The Labute approximate surface area is 99.2 Å². The highest BCUT2D eigenvalue weighted by molar-refractivity contribution is 9.09. The molecule has 0 amide bonds. The van der Waals surface area contributed by atoms with Gasteiger partial charge in [-0.2, -0.15) is 13.2 Å². The largest absolute Gasteiger partial charge is 0.466 e. The molecule has 0 spiro atoms. The van der Waals surface area contributed by atoms with Crippen LogP contribution in [0.3, 0.4) is 0 Å². The molecule has 0 saturated heterocycles. The Balaban J connectivity index is 0. The molecule has 0 rings (SSSR count). The van der Waals surface area contributed by atoms with Gasteiger partial charge in [0.25, 0.3) is 0 Å². The van der Waals surface area contributed by atoms with Gasteiger partial charge in [0, 0.05) is 15.9 Å². The van der Waals surface area contributed by atoms with Gasteiger partial charge in [-0.3, -0.25) is 9.59 Å². The van der Waals surface area contributed by atoms with E-state index < -0.39 is 17.0 Å². The monoisotopic (exact) mass is 308 g/mol. The Morgan fingerprint density at radius 3 is 1.50 bits per heavy atom. The molecule has 8 heteroatoms. The van der Waals surface area contributed by atoms with Crippen LogP contribution >= 0.6 is 15.9 Å². The predicted octanol–water partition coefficient (Wildman–Crippen LogP) is 2.40. The van der Waals surface area contributed by atoms with Gasteiger partial charge in [-0.1, -0.05) is 0 Å². The molecule has 0 aliphatic carbocycles. The minimum atomic E-state index is -4.19. The summed E-state index contributed by atoms with van der Waals surface area (Å²) >= 11 is 1.38. The lowest BCUT2D eigenvalue weighted by Gasteiger charge is -2.00. The average molecular weight is 309 g/mol. The van der Waals surface area contributed by atoms with Crippen LogP contribution in [0.15, 0.2) is 0 Å². The van der Waals surface area contributed by atoms with Crippen molar-refractivity contribution in [3.05, 3.63) is 0 Å². The van der Waals surface area contributed by atoms with Gasteiger partial charge in [-0.25, -0.2) is 0 Å². The van der Waals surface area contributed by atoms with Gasteiger partial charge >= 0.3 is 17.0 Å². The van der Waals surface area contributed by atoms with Crippen molar-refractivity contribution in [2.24, 2.45) is 0 Å². The van der Waals surface area contributed by atoms with Crippen molar-refractivity contribution in [2.45, 2.75) is 25.4 Å². The lowest BCUT2D eigenvalue weighted by molar-refractivity contribution is -0.153. The minimum absolute atomic E-state index is 0.290. The first-order valence-electron chi connectivity index (χ1n) is 4.27. The topological polar surface area (TPSA) is 52.6 Å². The zero-order valence-corrected chi connectivity index (χ0v) is 10.4. The molecule has 4 nitrogen and oxygen atoms in total. The van der Waals surface area contributed by atoms with E-state index >= 15 is 0 Å². The number of carbonyl (C=O) groups is 2. The smallest absolute Gasteiger partial charge is 0.448 e. The molecular formula is C8H12BrF3O4. The molecule has 0 aliphatic rings. The summed E-state index contributed by atoms with van der Waals surface area (Å²) in [6, 6.07) is 0. The van der Waals surface area contributed by atoms with Crippen LogP contribution in [0.2, 0.25) is 0 Å². The van der Waals surface area contributed by atoms with Gasteiger partial charge in [0.15, 0.2) is 0 Å². The zero-order chi connectivity index (χ0) is 13.2. The van der Waals surface area contributed by atoms with Crippen molar-refractivity contribution in [3.8, 4) is 0 Å². The molecule has 0 aromatic carbocycles. The number of halogens is 4. The third-order valence-electron chi connectivity index (χ3n) is 0.899. The van der Waals surface area contributed by atoms with E-state index in [1.807, 2.05) is 0 Å². The standard InChI is InChI=1S/C7H12O4.CBrF3/c1-3-10-6(8)5-7(9)11-4-2;2-1(3,4)5/h3-5H2,1-2H3;. The van der Waals surface area contributed by atoms with E-state index in [0.29, 0.717) is 0 Å².